The van der Waals surface area contributed by atoms with Gasteiger partial charge in [-0.2, -0.15) is 0 Å². The maximum Gasteiger partial charge on any atom is 0.366 e. The van der Waals surface area contributed by atoms with Crippen LogP contribution in [0.5, 0.6) is 0 Å². The topological polar surface area (TPSA) is 175 Å². The van der Waals surface area contributed by atoms with Gasteiger partial charge in [-0.25, -0.2) is 9.59 Å². The number of aliphatic hydroxyl groups is 2. The molecule has 1 spiro atoms. The van der Waals surface area contributed by atoms with Crippen LogP contribution in [0.1, 0.15) is 46.1 Å². The minimum absolute atomic E-state index is 0.0364. The molecule has 5 aliphatic heterocycles. The molecule has 53 heavy (non-hydrogen) atoms. The number of hydrogen-bond acceptors (Lipinski definition) is 14. The van der Waals surface area contributed by atoms with E-state index in [-0.39, 0.29) is 26.1 Å². The molecule has 14 nitrogen and oxygen atoms in total. The lowest BCUT2D eigenvalue weighted by Gasteiger charge is -2.66. The van der Waals surface area contributed by atoms with E-state index in [9.17, 15) is 24.6 Å². The first-order chi connectivity index (χ1) is 25.1. The van der Waals surface area contributed by atoms with Crippen LogP contribution in [-0.2, 0) is 57.0 Å². The quantitative estimate of drug-likeness (QED) is 0.247. The van der Waals surface area contributed by atoms with Crippen LogP contribution in [0.15, 0.2) is 48.7 Å². The highest BCUT2D eigenvalue weighted by Crippen LogP contribution is 2.81. The van der Waals surface area contributed by atoms with Crippen LogP contribution in [0.3, 0.4) is 0 Å². The maximum atomic E-state index is 14.3. The number of carbonyl (C=O) groups is 3. The fourth-order valence-electron chi connectivity index (χ4n) is 12.9. The van der Waals surface area contributed by atoms with Gasteiger partial charge in [-0.15, -0.1) is 0 Å². The third kappa shape index (κ3) is 3.95. The van der Waals surface area contributed by atoms with Gasteiger partial charge in [0.05, 0.1) is 44.9 Å². The number of carbonyl (C=O) groups excluding carboxylic acids is 3. The van der Waals surface area contributed by atoms with E-state index < -0.39 is 111 Å². The molecule has 0 aromatic heterocycles. The number of benzene rings is 1. The summed E-state index contributed by atoms with van der Waals surface area (Å²) in [5.41, 5.74) is -8.02. The molecule has 16 atom stereocenters. The van der Waals surface area contributed by atoms with Gasteiger partial charge < -0.3 is 52.8 Å². The molecule has 1 aromatic carbocycles. The third-order valence-electron chi connectivity index (χ3n) is 14.8. The zero-order chi connectivity index (χ0) is 37.6. The molecule has 9 rings (SSSR count). The molecular weight excluding hydrogens is 692 g/mol. The van der Waals surface area contributed by atoms with Crippen LogP contribution in [0, 0.1) is 34.0 Å². The highest BCUT2D eigenvalue weighted by molar-refractivity contribution is 5.87. The molecule has 7 fully saturated rings. The molecule has 0 amide bonds. The van der Waals surface area contributed by atoms with E-state index in [0.717, 1.165) is 5.56 Å². The van der Waals surface area contributed by atoms with E-state index in [4.69, 9.17) is 42.6 Å². The van der Waals surface area contributed by atoms with Gasteiger partial charge in [-0.3, -0.25) is 4.79 Å². The molecule has 5 heterocycles. The molecule has 2 N–H and O–H groups in total. The fourth-order valence-corrected chi connectivity index (χ4v) is 12.9. The molecule has 16 unspecified atom stereocenters. The van der Waals surface area contributed by atoms with Crippen LogP contribution in [-0.4, -0.2) is 115 Å². The Morgan fingerprint density at radius 3 is 2.43 bits per heavy atom. The molecular formula is C39H46O14. The first kappa shape index (κ1) is 35.3. The molecule has 3 saturated carbocycles. The van der Waals surface area contributed by atoms with E-state index in [1.807, 2.05) is 44.2 Å². The third-order valence-corrected chi connectivity index (χ3v) is 14.8. The highest BCUT2D eigenvalue weighted by atomic mass is 16.7. The molecule has 1 aromatic rings. The summed E-state index contributed by atoms with van der Waals surface area (Å²) < 4.78 is 56.8. The Hall–Kier alpha value is -3.37. The summed E-state index contributed by atoms with van der Waals surface area (Å²) in [4.78, 5) is 40.8. The minimum Gasteiger partial charge on any atom is -0.469 e. The molecule has 3 aliphatic carbocycles. The van der Waals surface area contributed by atoms with Gasteiger partial charge >= 0.3 is 17.9 Å². The number of fused-ring (bicyclic) bond motifs is 11. The van der Waals surface area contributed by atoms with Gasteiger partial charge in [-0.1, -0.05) is 44.2 Å². The lowest BCUT2D eigenvalue weighted by Crippen LogP contribution is -2.78. The second-order valence-corrected chi connectivity index (χ2v) is 16.7. The Bertz CT molecular complexity index is 1800. The maximum absolute atomic E-state index is 14.3. The molecule has 14 heteroatoms. The average molecular weight is 739 g/mol. The Labute approximate surface area is 306 Å². The van der Waals surface area contributed by atoms with Gasteiger partial charge in [-0.05, 0) is 31.1 Å². The van der Waals surface area contributed by atoms with Crippen molar-refractivity contribution in [3.8, 4) is 0 Å². The van der Waals surface area contributed by atoms with Crippen LogP contribution in [0.2, 0.25) is 0 Å². The van der Waals surface area contributed by atoms with Crippen molar-refractivity contribution in [2.24, 2.45) is 34.0 Å². The second kappa shape index (κ2) is 11.1. The van der Waals surface area contributed by atoms with Crippen molar-refractivity contribution in [3.05, 3.63) is 54.3 Å². The van der Waals surface area contributed by atoms with Crippen molar-refractivity contribution in [3.63, 3.8) is 0 Å². The van der Waals surface area contributed by atoms with E-state index >= 15 is 0 Å². The zero-order valence-electron chi connectivity index (χ0n) is 30.5. The van der Waals surface area contributed by atoms with Crippen LogP contribution >= 0.6 is 0 Å². The van der Waals surface area contributed by atoms with E-state index in [1.165, 1.54) is 39.6 Å². The number of esters is 3. The lowest BCUT2D eigenvalue weighted by molar-refractivity contribution is -0.318. The molecule has 4 saturated heterocycles. The van der Waals surface area contributed by atoms with Gasteiger partial charge in [0.25, 0.3) is 5.79 Å². The number of hydrogen-bond donors (Lipinski definition) is 2. The molecule has 2 bridgehead atoms. The summed E-state index contributed by atoms with van der Waals surface area (Å²) in [7, 11) is 2.57. The second-order valence-electron chi connectivity index (χ2n) is 16.7. The largest absolute Gasteiger partial charge is 0.469 e. The Kier molecular flexibility index (Phi) is 7.41. The number of ether oxygens (including phenoxy) is 9. The molecule has 0 radical (unpaired) electrons. The Balaban J connectivity index is 1.26. The smallest absolute Gasteiger partial charge is 0.366 e. The van der Waals surface area contributed by atoms with E-state index in [0.29, 0.717) is 0 Å². The van der Waals surface area contributed by atoms with E-state index in [2.05, 4.69) is 0 Å². The summed E-state index contributed by atoms with van der Waals surface area (Å²) in [5, 5.41) is 25.8. The van der Waals surface area contributed by atoms with Crippen molar-refractivity contribution < 1.29 is 67.2 Å². The standard InChI is InChI=1S/C39H46O14/c1-20(40)50-23-17-24(51-26(41)13-12-21-10-8-7-9-11-21)36-19-49-38(46-6,31(42)45-5)30(36)34(3)29(27-28(36)33(23,2)18-48-27)53-35(4)22-16-25(39(34,35)44)52-32-37(22,43)14-15-47-32/h7-15,22-25,27-30,32,43-44H,16-19H2,1-6H3. The average Bonchev–Trinajstić information content (AvgIpc) is 3.89. The first-order valence-electron chi connectivity index (χ1n) is 18.2. The lowest BCUT2D eigenvalue weighted by atomic mass is 9.37. The predicted molar refractivity (Wildman–Crippen MR) is 179 cm³/mol. The number of methoxy groups -OCH3 is 2. The first-order valence-corrected chi connectivity index (χ1v) is 18.2. The van der Waals surface area contributed by atoms with Crippen molar-refractivity contribution >= 4 is 24.0 Å². The van der Waals surface area contributed by atoms with Crippen molar-refractivity contribution in [2.75, 3.05) is 27.4 Å². The van der Waals surface area contributed by atoms with Gasteiger partial charge in [0.15, 0.2) is 5.60 Å². The van der Waals surface area contributed by atoms with Crippen LogP contribution < -0.4 is 0 Å². The summed E-state index contributed by atoms with van der Waals surface area (Å²) in [6.45, 7) is 6.82. The monoisotopic (exact) mass is 738 g/mol. The minimum atomic E-state index is -2.14. The summed E-state index contributed by atoms with van der Waals surface area (Å²) in [5.74, 6) is -6.65. The summed E-state index contributed by atoms with van der Waals surface area (Å²) >= 11 is 0. The summed E-state index contributed by atoms with van der Waals surface area (Å²) in [6.07, 6.45) is 0.517. The van der Waals surface area contributed by atoms with Crippen molar-refractivity contribution in [2.45, 2.75) is 99.9 Å². The highest BCUT2D eigenvalue weighted by Gasteiger charge is 2.94. The van der Waals surface area contributed by atoms with Crippen LogP contribution in [0.4, 0.5) is 0 Å². The van der Waals surface area contributed by atoms with Crippen molar-refractivity contribution in [1.29, 1.82) is 0 Å². The summed E-state index contributed by atoms with van der Waals surface area (Å²) in [6, 6.07) is 9.27. The van der Waals surface area contributed by atoms with E-state index in [1.54, 1.807) is 13.0 Å². The SMILES string of the molecule is COC(=O)C1(OC)OCC23C(OC(=O)C=Cc4ccccc4)CC(OC(C)=O)C4(C)COC(C42)C2OC4(C)C5CC(OC6OC=CC65O)C4(O)C2(C)C13. The zero-order valence-corrected chi connectivity index (χ0v) is 30.5. The Morgan fingerprint density at radius 1 is 0.981 bits per heavy atom. The molecule has 286 valence electrons. The van der Waals surface area contributed by atoms with Crippen LogP contribution in [0.25, 0.3) is 6.08 Å². The normalized spacial score (nSPS) is 52.2. The number of rotatable bonds is 6. The predicted octanol–water partition coefficient (Wildman–Crippen LogP) is 2.05. The molecule has 8 aliphatic rings. The van der Waals surface area contributed by atoms with Gasteiger partial charge in [0.2, 0.25) is 6.29 Å². The van der Waals surface area contributed by atoms with Gasteiger partial charge in [0, 0.05) is 60.5 Å². The fraction of sp³-hybridized carbons (Fsp3) is 0.667. The van der Waals surface area contributed by atoms with Crippen molar-refractivity contribution in [1.82, 2.24) is 0 Å². The Morgan fingerprint density at radius 2 is 1.74 bits per heavy atom. The van der Waals surface area contributed by atoms with Gasteiger partial charge in [0.1, 0.15) is 23.4 Å².